The van der Waals surface area contributed by atoms with Gasteiger partial charge in [0.25, 0.3) is 0 Å². The lowest BCUT2D eigenvalue weighted by Crippen LogP contribution is -2.48. The van der Waals surface area contributed by atoms with E-state index in [1.54, 1.807) is 6.07 Å². The maximum Gasteiger partial charge on any atom is 0.248 e. The van der Waals surface area contributed by atoms with Crippen molar-refractivity contribution in [3.8, 4) is 11.3 Å². The summed E-state index contributed by atoms with van der Waals surface area (Å²) >= 11 is 6.43. The predicted octanol–water partition coefficient (Wildman–Crippen LogP) is 5.06. The number of hydrogen-bond donors (Lipinski definition) is 2. The molecule has 0 amide bonds. The van der Waals surface area contributed by atoms with E-state index in [2.05, 4.69) is 20.3 Å². The van der Waals surface area contributed by atoms with Crippen LogP contribution in [-0.4, -0.2) is 61.7 Å². The second kappa shape index (κ2) is 9.07. The van der Waals surface area contributed by atoms with Crippen molar-refractivity contribution in [2.45, 2.75) is 82.0 Å². The van der Waals surface area contributed by atoms with Crippen molar-refractivity contribution in [3.05, 3.63) is 35.0 Å². The van der Waals surface area contributed by atoms with Crippen molar-refractivity contribution >= 4 is 28.6 Å². The topological polar surface area (TPSA) is 94.3 Å². The van der Waals surface area contributed by atoms with Gasteiger partial charge in [0.05, 0.1) is 41.2 Å². The molecule has 198 valence electrons. The summed E-state index contributed by atoms with van der Waals surface area (Å²) in [6.45, 7) is 4.24. The molecule has 0 unspecified atom stereocenters. The van der Waals surface area contributed by atoms with Gasteiger partial charge in [-0.3, -0.25) is 0 Å². The third kappa shape index (κ3) is 4.45. The van der Waals surface area contributed by atoms with Crippen LogP contribution < -0.4 is 5.32 Å². The van der Waals surface area contributed by atoms with Crippen LogP contribution in [-0.2, 0) is 9.47 Å². The Balaban J connectivity index is 1.37. The first-order valence-electron chi connectivity index (χ1n) is 12.4. The van der Waals surface area contributed by atoms with Crippen LogP contribution in [0.4, 0.5) is 19.1 Å². The minimum Gasteiger partial charge on any atom is -0.386 e. The molecule has 3 aliphatic rings. The van der Waals surface area contributed by atoms with Gasteiger partial charge in [-0.25, -0.2) is 28.1 Å². The van der Waals surface area contributed by atoms with E-state index < -0.39 is 36.1 Å². The lowest BCUT2D eigenvalue weighted by Gasteiger charge is -2.32. The number of aromatic nitrogens is 4. The van der Waals surface area contributed by atoms with Crippen molar-refractivity contribution in [1.82, 2.24) is 19.5 Å². The Morgan fingerprint density at radius 2 is 2.08 bits per heavy atom. The number of nitrogens with zero attached hydrogens (tertiary/aromatic N) is 4. The van der Waals surface area contributed by atoms with Gasteiger partial charge in [-0.05, 0) is 38.8 Å². The van der Waals surface area contributed by atoms with Gasteiger partial charge >= 0.3 is 0 Å². The summed E-state index contributed by atoms with van der Waals surface area (Å²) in [7, 11) is 0. The van der Waals surface area contributed by atoms with Gasteiger partial charge in [0.15, 0.2) is 12.1 Å². The highest BCUT2D eigenvalue weighted by Crippen LogP contribution is 2.45. The molecule has 37 heavy (non-hydrogen) atoms. The predicted molar refractivity (Wildman–Crippen MR) is 130 cm³/mol. The number of nitrogens with one attached hydrogen (secondary N) is 1. The van der Waals surface area contributed by atoms with Crippen LogP contribution >= 0.6 is 11.6 Å². The lowest BCUT2D eigenvalue weighted by molar-refractivity contribution is -0.156. The van der Waals surface area contributed by atoms with E-state index in [9.17, 15) is 13.9 Å². The number of fused-ring (bicyclic) bond motifs is 3. The molecular formula is C25H27ClF3N5O3. The molecule has 2 aliphatic heterocycles. The summed E-state index contributed by atoms with van der Waals surface area (Å²) in [6.07, 6.45) is -0.00692. The first-order chi connectivity index (χ1) is 17.6. The average molecular weight is 538 g/mol. The van der Waals surface area contributed by atoms with Crippen molar-refractivity contribution in [3.63, 3.8) is 0 Å². The largest absolute Gasteiger partial charge is 0.386 e. The Labute approximate surface area is 216 Å². The molecule has 2 saturated heterocycles. The number of rotatable bonds is 5. The van der Waals surface area contributed by atoms with E-state index in [4.69, 9.17) is 21.1 Å². The second-order valence-electron chi connectivity index (χ2n) is 10.4. The average Bonchev–Trinajstić information content (AvgIpc) is 3.53. The molecule has 2 aromatic heterocycles. The van der Waals surface area contributed by atoms with Gasteiger partial charge in [-0.2, -0.15) is 0 Å². The van der Waals surface area contributed by atoms with Crippen LogP contribution in [0.5, 0.6) is 0 Å². The first-order valence-corrected chi connectivity index (χ1v) is 12.8. The molecule has 3 aromatic rings. The number of aliphatic hydroxyl groups excluding tert-OH is 1. The number of imidazole rings is 1. The summed E-state index contributed by atoms with van der Waals surface area (Å²) < 4.78 is 56.2. The Kier molecular flexibility index (Phi) is 6.09. The quantitative estimate of drug-likeness (QED) is 0.470. The third-order valence-corrected chi connectivity index (χ3v) is 7.65. The van der Waals surface area contributed by atoms with Crippen molar-refractivity contribution in [2.75, 3.05) is 11.9 Å². The summed E-state index contributed by atoms with van der Waals surface area (Å²) in [4.78, 5) is 13.2. The van der Waals surface area contributed by atoms with Gasteiger partial charge < -0.3 is 24.5 Å². The number of benzene rings is 1. The van der Waals surface area contributed by atoms with E-state index >= 15 is 4.39 Å². The Hall–Kier alpha value is -2.47. The maximum atomic E-state index is 15.4. The van der Waals surface area contributed by atoms with Gasteiger partial charge in [-0.15, -0.1) is 0 Å². The molecule has 2 bridgehead atoms. The fourth-order valence-electron chi connectivity index (χ4n) is 5.64. The number of hydrogen-bond acceptors (Lipinski definition) is 7. The molecule has 8 nitrogen and oxygen atoms in total. The molecule has 1 aromatic carbocycles. The standard InChI is InChI=1S/C25H27ClF3N5O3/c1-11(2)34-18-6-13(5-16(27)20(18)32-22(34)12-3-4-25(28,29)8-12)19-15(26)9-30-24(33-19)31-17-7-14-10-36-23(37-14)21(17)35/h5-6,9,11-12,14,17,21,23,35H,3-4,7-8,10H2,1-2H3,(H,30,31,33)/t12-,14-,17-,21+,23+/m1/s1. The zero-order chi connectivity index (χ0) is 26.1. The Bertz CT molecular complexity index is 1350. The molecule has 12 heteroatoms. The van der Waals surface area contributed by atoms with E-state index in [1.165, 1.54) is 12.3 Å². The highest BCUT2D eigenvalue weighted by atomic mass is 35.5. The molecule has 1 saturated carbocycles. The summed E-state index contributed by atoms with van der Waals surface area (Å²) in [6, 6.07) is 2.50. The van der Waals surface area contributed by atoms with Crippen LogP contribution in [0.25, 0.3) is 22.3 Å². The van der Waals surface area contributed by atoms with Gasteiger partial charge in [0.1, 0.15) is 17.4 Å². The zero-order valence-electron chi connectivity index (χ0n) is 20.3. The smallest absolute Gasteiger partial charge is 0.248 e. The van der Waals surface area contributed by atoms with Gasteiger partial charge in [0, 0.05) is 30.4 Å². The maximum absolute atomic E-state index is 15.4. The van der Waals surface area contributed by atoms with Crippen molar-refractivity contribution in [1.29, 1.82) is 0 Å². The van der Waals surface area contributed by atoms with Crippen LogP contribution in [0, 0.1) is 5.82 Å². The molecule has 1 aliphatic carbocycles. The molecule has 4 heterocycles. The normalized spacial score (nSPS) is 28.9. The molecule has 5 atom stereocenters. The van der Waals surface area contributed by atoms with Crippen LogP contribution in [0.2, 0.25) is 5.02 Å². The van der Waals surface area contributed by atoms with Gasteiger partial charge in [0.2, 0.25) is 11.9 Å². The van der Waals surface area contributed by atoms with Crippen LogP contribution in [0.1, 0.15) is 57.3 Å². The van der Waals surface area contributed by atoms with E-state index in [0.717, 1.165) is 0 Å². The number of anilines is 1. The van der Waals surface area contributed by atoms with Crippen LogP contribution in [0.3, 0.4) is 0 Å². The van der Waals surface area contributed by atoms with Crippen molar-refractivity contribution < 1.29 is 27.8 Å². The van der Waals surface area contributed by atoms with E-state index in [0.29, 0.717) is 42.0 Å². The van der Waals surface area contributed by atoms with Gasteiger partial charge in [-0.1, -0.05) is 11.6 Å². The Morgan fingerprint density at radius 3 is 2.81 bits per heavy atom. The summed E-state index contributed by atoms with van der Waals surface area (Å²) in [5.41, 5.74) is 1.33. The van der Waals surface area contributed by atoms with E-state index in [-0.39, 0.29) is 41.5 Å². The first kappa shape index (κ1) is 24.8. The number of aliphatic hydroxyl groups is 1. The molecular weight excluding hydrogens is 511 g/mol. The fraction of sp³-hybridized carbons (Fsp3) is 0.560. The minimum atomic E-state index is -2.74. The molecule has 2 N–H and O–H groups in total. The second-order valence-corrected chi connectivity index (χ2v) is 10.8. The SMILES string of the molecule is CC(C)n1c([C@@H]2CCC(F)(F)C2)nc2c(F)cc(-c3nc(N[C@@H]4C[C@@H]5CO[C@@H](O5)[C@H]4O)ncc3Cl)cc21. The van der Waals surface area contributed by atoms with Crippen molar-refractivity contribution in [2.24, 2.45) is 0 Å². The summed E-state index contributed by atoms with van der Waals surface area (Å²) in [5, 5.41) is 13.9. The highest BCUT2D eigenvalue weighted by Gasteiger charge is 2.44. The number of halogens is 4. The zero-order valence-corrected chi connectivity index (χ0v) is 21.1. The number of alkyl halides is 2. The Morgan fingerprint density at radius 1 is 1.27 bits per heavy atom. The minimum absolute atomic E-state index is 0.125. The summed E-state index contributed by atoms with van der Waals surface area (Å²) in [5.74, 6) is -3.08. The molecule has 0 radical (unpaired) electrons. The van der Waals surface area contributed by atoms with Crippen LogP contribution in [0.15, 0.2) is 18.3 Å². The third-order valence-electron chi connectivity index (χ3n) is 7.37. The highest BCUT2D eigenvalue weighted by molar-refractivity contribution is 6.33. The molecule has 6 rings (SSSR count). The fourth-order valence-corrected chi connectivity index (χ4v) is 5.84. The molecule has 0 spiro atoms. The molecule has 3 fully saturated rings. The monoisotopic (exact) mass is 537 g/mol. The number of ether oxygens (including phenoxy) is 2. The van der Waals surface area contributed by atoms with E-state index in [1.807, 2.05) is 18.4 Å². The lowest BCUT2D eigenvalue weighted by atomic mass is 10.0.